The van der Waals surface area contributed by atoms with E-state index in [1.807, 2.05) is 18.2 Å². The van der Waals surface area contributed by atoms with Crippen molar-refractivity contribution in [1.82, 2.24) is 0 Å². The molecule has 0 unspecified atom stereocenters. The van der Waals surface area contributed by atoms with E-state index in [1.54, 1.807) is 6.07 Å². The fraction of sp³-hybridized carbons (Fsp3) is 0.643. The lowest BCUT2D eigenvalue weighted by Gasteiger charge is -2.19. The van der Waals surface area contributed by atoms with Crippen LogP contribution >= 0.6 is 0 Å². The molecule has 0 aromatic heterocycles. The molecule has 0 saturated carbocycles. The number of carboxylic acids is 1. The first-order chi connectivity index (χ1) is 31.8. The van der Waals surface area contributed by atoms with E-state index in [-0.39, 0.29) is 18.1 Å². The summed E-state index contributed by atoms with van der Waals surface area (Å²) in [5, 5.41) is 25.7. The number of ether oxygens (including phenoxy) is 5. The summed E-state index contributed by atoms with van der Waals surface area (Å²) in [7, 11) is 0. The van der Waals surface area contributed by atoms with Gasteiger partial charge in [0.05, 0.1) is 26.4 Å². The average molecular weight is 901 g/mol. The Morgan fingerprint density at radius 2 is 0.662 bits per heavy atom. The first-order valence-electron chi connectivity index (χ1n) is 26.0. The summed E-state index contributed by atoms with van der Waals surface area (Å²) in [5.41, 5.74) is 0. The van der Waals surface area contributed by atoms with E-state index in [2.05, 4.69) is 39.8 Å². The summed E-state index contributed by atoms with van der Waals surface area (Å²) in [5.74, 6) is 1.85. The summed E-state index contributed by atoms with van der Waals surface area (Å²) in [4.78, 5) is 24.3. The van der Waals surface area contributed by atoms with Gasteiger partial charge < -0.3 is 33.9 Å². The summed E-state index contributed by atoms with van der Waals surface area (Å²) >= 11 is 0. The highest BCUT2D eigenvalue weighted by atomic mass is 16.6. The van der Waals surface area contributed by atoms with E-state index >= 15 is 0 Å². The van der Waals surface area contributed by atoms with Crippen molar-refractivity contribution in [1.29, 1.82) is 0 Å². The quantitative estimate of drug-likeness (QED) is 0.0196. The van der Waals surface area contributed by atoms with Gasteiger partial charge in [-0.2, -0.15) is 0 Å². The molecule has 0 saturated heterocycles. The molecule has 9 heteroatoms. The number of benzene rings is 4. The number of aliphatic carboxylic acids is 1. The highest BCUT2D eigenvalue weighted by Gasteiger charge is 2.21. The lowest BCUT2D eigenvalue weighted by molar-refractivity contribution is -0.137. The van der Waals surface area contributed by atoms with Gasteiger partial charge in [-0.05, 0) is 107 Å². The first kappa shape index (κ1) is 53.2. The number of hydrogen-bond donors (Lipinski definition) is 2. The van der Waals surface area contributed by atoms with Gasteiger partial charge in [0.1, 0.15) is 0 Å². The molecule has 4 aromatic rings. The number of hydrogen-bond acceptors (Lipinski definition) is 8. The molecule has 0 amide bonds. The van der Waals surface area contributed by atoms with Crippen molar-refractivity contribution < 1.29 is 43.5 Å². The summed E-state index contributed by atoms with van der Waals surface area (Å²) in [6.45, 7) is 11.0. The molecule has 362 valence electrons. The predicted octanol–water partition coefficient (Wildman–Crippen LogP) is 16.4. The van der Waals surface area contributed by atoms with Crippen molar-refractivity contribution in [2.45, 2.75) is 207 Å². The maximum absolute atomic E-state index is 13.6. The number of phenols is 1. The number of fused-ring (bicyclic) bond motifs is 6. The fourth-order valence-electron chi connectivity index (χ4n) is 8.54. The van der Waals surface area contributed by atoms with E-state index in [0.29, 0.717) is 61.6 Å². The van der Waals surface area contributed by atoms with Crippen LogP contribution in [0.1, 0.15) is 207 Å². The van der Waals surface area contributed by atoms with Crippen molar-refractivity contribution in [2.24, 2.45) is 0 Å². The minimum Gasteiger partial charge on any atom is -0.504 e. The second-order valence-corrected chi connectivity index (χ2v) is 18.1. The molecule has 2 N–H and O–H groups in total. The van der Waals surface area contributed by atoms with Gasteiger partial charge in [0, 0.05) is 12.8 Å². The molecule has 0 fully saturated rings. The maximum atomic E-state index is 13.6. The standard InChI is InChI=1S/C56H84O9/c1-5-9-13-27-33-61-50-38-44-43(37-49(50)57)48-42-54(65-56(60)32-26-24-22-20-18-17-19-21-23-25-31-55(58)59)53(64-36-30-16-12-8-4)41-47(48)46-40-52(63-35-29-15-11-7-3)51(39-45(44)46)62-34-28-14-10-6-2/h37-42,57H,5-36H2,1-4H3,(H,58,59). The summed E-state index contributed by atoms with van der Waals surface area (Å²) in [6.07, 6.45) is 28.0. The van der Waals surface area contributed by atoms with E-state index in [0.717, 1.165) is 186 Å². The lowest BCUT2D eigenvalue weighted by Crippen LogP contribution is -2.09. The van der Waals surface area contributed by atoms with Gasteiger partial charge in [0.15, 0.2) is 34.5 Å². The molecule has 0 atom stereocenters. The highest BCUT2D eigenvalue weighted by Crippen LogP contribution is 2.47. The Bertz CT molecular complexity index is 1990. The number of aromatic hydroxyl groups is 1. The Kier molecular flexibility index (Phi) is 25.8. The Hall–Kier alpha value is -4.40. The molecule has 0 bridgehead atoms. The van der Waals surface area contributed by atoms with Crippen molar-refractivity contribution in [3.63, 3.8) is 0 Å². The van der Waals surface area contributed by atoms with Gasteiger partial charge >= 0.3 is 11.9 Å². The number of phenolic OH excluding ortho intramolecular Hbond substituents is 1. The van der Waals surface area contributed by atoms with E-state index in [4.69, 9.17) is 28.8 Å². The molecule has 4 rings (SSSR count). The van der Waals surface area contributed by atoms with Crippen LogP contribution in [0.25, 0.3) is 32.3 Å². The largest absolute Gasteiger partial charge is 0.504 e. The van der Waals surface area contributed by atoms with Crippen molar-refractivity contribution in [2.75, 3.05) is 26.4 Å². The fourth-order valence-corrected chi connectivity index (χ4v) is 8.54. The summed E-state index contributed by atoms with van der Waals surface area (Å²) < 4.78 is 32.1. The zero-order valence-electron chi connectivity index (χ0n) is 40.8. The van der Waals surface area contributed by atoms with Gasteiger partial charge in [-0.1, -0.05) is 156 Å². The van der Waals surface area contributed by atoms with Crippen LogP contribution in [0.5, 0.6) is 34.5 Å². The number of carbonyl (C=O) groups is 2. The molecule has 0 aliphatic carbocycles. The average Bonchev–Trinajstić information content (AvgIpc) is 3.29. The SMILES string of the molecule is CCCCCCOc1cc2c(cc1O)c1cc(OC(=O)CCCCCCCCCCCCC(=O)O)c(OCCCCCC)cc1c1cc(OCCCCCC)c(OCCCCCC)cc21. The highest BCUT2D eigenvalue weighted by molar-refractivity contribution is 6.27. The maximum Gasteiger partial charge on any atom is 0.311 e. The second kappa shape index (κ2) is 31.5. The van der Waals surface area contributed by atoms with Crippen molar-refractivity contribution >= 4 is 44.3 Å². The molecular formula is C56H84O9. The lowest BCUT2D eigenvalue weighted by atomic mass is 9.93. The predicted molar refractivity (Wildman–Crippen MR) is 268 cm³/mol. The van der Waals surface area contributed by atoms with Gasteiger partial charge in [-0.3, -0.25) is 9.59 Å². The molecule has 0 spiro atoms. The Balaban J connectivity index is 1.69. The molecule has 65 heavy (non-hydrogen) atoms. The zero-order valence-corrected chi connectivity index (χ0v) is 40.8. The van der Waals surface area contributed by atoms with Crippen molar-refractivity contribution in [3.8, 4) is 34.5 Å². The van der Waals surface area contributed by atoms with Gasteiger partial charge in [-0.15, -0.1) is 0 Å². The Morgan fingerprint density at radius 3 is 1.05 bits per heavy atom. The van der Waals surface area contributed by atoms with Gasteiger partial charge in [-0.25, -0.2) is 0 Å². The number of carboxylic acid groups (broad SMARTS) is 1. The van der Waals surface area contributed by atoms with E-state index < -0.39 is 5.97 Å². The van der Waals surface area contributed by atoms with Crippen LogP contribution in [0.2, 0.25) is 0 Å². The number of unbranched alkanes of at least 4 members (excludes halogenated alkanes) is 21. The van der Waals surface area contributed by atoms with Crippen LogP contribution in [0.3, 0.4) is 0 Å². The van der Waals surface area contributed by atoms with E-state index in [9.17, 15) is 14.7 Å². The van der Waals surface area contributed by atoms with Crippen LogP contribution in [-0.2, 0) is 9.59 Å². The van der Waals surface area contributed by atoms with Crippen LogP contribution in [0.4, 0.5) is 0 Å². The monoisotopic (exact) mass is 901 g/mol. The zero-order chi connectivity index (χ0) is 46.5. The molecule has 0 heterocycles. The third kappa shape index (κ3) is 18.8. The first-order valence-corrected chi connectivity index (χ1v) is 26.0. The van der Waals surface area contributed by atoms with Gasteiger partial charge in [0.25, 0.3) is 0 Å². The van der Waals surface area contributed by atoms with Crippen LogP contribution < -0.4 is 23.7 Å². The molecular weight excluding hydrogens is 817 g/mol. The Morgan fingerprint density at radius 1 is 0.369 bits per heavy atom. The molecule has 0 aliphatic heterocycles. The Labute approximate surface area is 391 Å². The minimum atomic E-state index is -0.713. The summed E-state index contributed by atoms with van der Waals surface area (Å²) in [6, 6.07) is 11.9. The van der Waals surface area contributed by atoms with Crippen molar-refractivity contribution in [3.05, 3.63) is 36.4 Å². The van der Waals surface area contributed by atoms with Gasteiger partial charge in [0.2, 0.25) is 0 Å². The smallest absolute Gasteiger partial charge is 0.311 e. The molecule has 9 nitrogen and oxygen atoms in total. The third-order valence-electron chi connectivity index (χ3n) is 12.4. The third-order valence-corrected chi connectivity index (χ3v) is 12.4. The van der Waals surface area contributed by atoms with E-state index in [1.165, 1.54) is 12.8 Å². The second-order valence-electron chi connectivity index (χ2n) is 18.1. The molecule has 4 aromatic carbocycles. The van der Waals surface area contributed by atoms with Crippen LogP contribution in [0.15, 0.2) is 36.4 Å². The van der Waals surface area contributed by atoms with Crippen LogP contribution in [-0.4, -0.2) is 48.6 Å². The number of esters is 1. The number of carbonyl (C=O) groups excluding carboxylic acids is 1. The van der Waals surface area contributed by atoms with Crippen LogP contribution in [0, 0.1) is 0 Å². The number of rotatable bonds is 38. The molecule has 0 radical (unpaired) electrons. The normalized spacial score (nSPS) is 11.4. The topological polar surface area (TPSA) is 121 Å². The molecule has 0 aliphatic rings. The minimum absolute atomic E-state index is 0.0682.